The fourth-order valence-corrected chi connectivity index (χ4v) is 4.89. The summed E-state index contributed by atoms with van der Waals surface area (Å²) in [6.07, 6.45) is 4.31. The van der Waals surface area contributed by atoms with E-state index in [4.69, 9.17) is 9.47 Å². The standard InChI is InChI=1S/C24H37NO5/c1-5-8-20(27)23(28)25-14-19(24(3,15-25)16(2)26)17-11-12-21(29-4)22(13-17)30-18-9-6-7-10-18/h11-13,16,18-20,26-27H,5-10,14-15H2,1-4H3/t16-,19+,20?,24+/m1/s1. The van der Waals surface area contributed by atoms with Crippen LogP contribution in [0.2, 0.25) is 0 Å². The molecule has 30 heavy (non-hydrogen) atoms. The SMILES string of the molecule is CCCC(O)C(=O)N1C[C@@H](c2ccc(OC)c(OC3CCCC3)c2)[C@](C)([C@@H](C)O)C1. The van der Waals surface area contributed by atoms with Crippen molar-refractivity contribution in [3.63, 3.8) is 0 Å². The molecule has 0 radical (unpaired) electrons. The van der Waals surface area contributed by atoms with Gasteiger partial charge in [-0.15, -0.1) is 0 Å². The molecular weight excluding hydrogens is 382 g/mol. The molecule has 1 aromatic rings. The number of nitrogens with zero attached hydrogens (tertiary/aromatic N) is 1. The quantitative estimate of drug-likeness (QED) is 0.674. The van der Waals surface area contributed by atoms with Gasteiger partial charge in [-0.1, -0.05) is 26.3 Å². The highest BCUT2D eigenvalue weighted by atomic mass is 16.5. The molecule has 6 nitrogen and oxygen atoms in total. The zero-order valence-electron chi connectivity index (χ0n) is 18.8. The number of hydrogen-bond donors (Lipinski definition) is 2. The van der Waals surface area contributed by atoms with Crippen molar-refractivity contribution in [2.45, 2.75) is 83.5 Å². The van der Waals surface area contributed by atoms with Crippen LogP contribution in [-0.4, -0.2) is 59.5 Å². The van der Waals surface area contributed by atoms with Crippen molar-refractivity contribution in [1.82, 2.24) is 4.90 Å². The molecule has 1 aliphatic carbocycles. The van der Waals surface area contributed by atoms with Crippen LogP contribution in [0.4, 0.5) is 0 Å². The number of rotatable bonds is 8. The van der Waals surface area contributed by atoms with Crippen molar-refractivity contribution in [3.8, 4) is 11.5 Å². The Hall–Kier alpha value is -1.79. The molecule has 1 amide bonds. The second-order valence-corrected chi connectivity index (χ2v) is 9.19. The van der Waals surface area contributed by atoms with Gasteiger partial charge in [-0.2, -0.15) is 0 Å². The van der Waals surface area contributed by atoms with E-state index in [1.165, 1.54) is 12.8 Å². The summed E-state index contributed by atoms with van der Waals surface area (Å²) in [7, 11) is 1.64. The Morgan fingerprint density at radius 2 is 1.97 bits per heavy atom. The van der Waals surface area contributed by atoms with Gasteiger partial charge in [0, 0.05) is 24.4 Å². The lowest BCUT2D eigenvalue weighted by molar-refractivity contribution is -0.140. The van der Waals surface area contributed by atoms with Gasteiger partial charge in [-0.3, -0.25) is 4.79 Å². The predicted octanol–water partition coefficient (Wildman–Crippen LogP) is 3.49. The van der Waals surface area contributed by atoms with Gasteiger partial charge < -0.3 is 24.6 Å². The van der Waals surface area contributed by atoms with Crippen LogP contribution in [-0.2, 0) is 4.79 Å². The fraction of sp³-hybridized carbons (Fsp3) is 0.708. The molecular formula is C24H37NO5. The lowest BCUT2D eigenvalue weighted by Crippen LogP contribution is -2.41. The lowest BCUT2D eigenvalue weighted by Gasteiger charge is -2.34. The first kappa shape index (κ1) is 22.9. The second-order valence-electron chi connectivity index (χ2n) is 9.19. The molecule has 2 fully saturated rings. The number of benzene rings is 1. The number of aliphatic hydroxyl groups is 2. The molecule has 1 saturated heterocycles. The Kier molecular flexibility index (Phi) is 7.30. The highest BCUT2D eigenvalue weighted by molar-refractivity contribution is 5.81. The maximum Gasteiger partial charge on any atom is 0.251 e. The molecule has 168 valence electrons. The van der Waals surface area contributed by atoms with Gasteiger partial charge >= 0.3 is 0 Å². The zero-order chi connectivity index (χ0) is 21.9. The van der Waals surface area contributed by atoms with Crippen LogP contribution in [0.25, 0.3) is 0 Å². The maximum absolute atomic E-state index is 12.8. The number of aliphatic hydroxyl groups excluding tert-OH is 2. The maximum atomic E-state index is 12.8. The smallest absolute Gasteiger partial charge is 0.251 e. The number of amides is 1. The largest absolute Gasteiger partial charge is 0.493 e. The van der Waals surface area contributed by atoms with E-state index in [9.17, 15) is 15.0 Å². The fourth-order valence-electron chi connectivity index (χ4n) is 4.89. The first-order chi connectivity index (χ1) is 14.3. The van der Waals surface area contributed by atoms with Crippen molar-refractivity contribution in [1.29, 1.82) is 0 Å². The molecule has 1 saturated carbocycles. The zero-order valence-corrected chi connectivity index (χ0v) is 18.8. The minimum Gasteiger partial charge on any atom is -0.493 e. The first-order valence-corrected chi connectivity index (χ1v) is 11.3. The molecule has 0 aromatic heterocycles. The highest BCUT2D eigenvalue weighted by Gasteiger charge is 2.49. The van der Waals surface area contributed by atoms with E-state index in [0.29, 0.717) is 25.3 Å². The Bertz CT molecular complexity index is 730. The molecule has 3 rings (SSSR count). The summed E-state index contributed by atoms with van der Waals surface area (Å²) < 4.78 is 11.8. The summed E-state index contributed by atoms with van der Waals surface area (Å²) >= 11 is 0. The molecule has 1 aromatic carbocycles. The summed E-state index contributed by atoms with van der Waals surface area (Å²) in [6, 6.07) is 5.93. The van der Waals surface area contributed by atoms with Crippen molar-refractivity contribution in [2.24, 2.45) is 5.41 Å². The van der Waals surface area contributed by atoms with E-state index in [0.717, 1.165) is 30.6 Å². The average Bonchev–Trinajstić information content (AvgIpc) is 3.36. The summed E-state index contributed by atoms with van der Waals surface area (Å²) in [6.45, 7) is 6.63. The van der Waals surface area contributed by atoms with Crippen LogP contribution >= 0.6 is 0 Å². The molecule has 0 bridgehead atoms. The lowest BCUT2D eigenvalue weighted by atomic mass is 9.72. The van der Waals surface area contributed by atoms with E-state index >= 15 is 0 Å². The Morgan fingerprint density at radius 1 is 1.27 bits per heavy atom. The third-order valence-corrected chi connectivity index (χ3v) is 7.03. The first-order valence-electron chi connectivity index (χ1n) is 11.3. The number of methoxy groups -OCH3 is 1. The molecule has 1 heterocycles. The van der Waals surface area contributed by atoms with Crippen LogP contribution in [0.5, 0.6) is 11.5 Å². The van der Waals surface area contributed by atoms with Crippen LogP contribution < -0.4 is 9.47 Å². The number of hydrogen-bond acceptors (Lipinski definition) is 5. The van der Waals surface area contributed by atoms with Crippen molar-refractivity contribution >= 4 is 5.91 Å². The molecule has 6 heteroatoms. The Balaban J connectivity index is 1.88. The van der Waals surface area contributed by atoms with Crippen LogP contribution in [0.3, 0.4) is 0 Å². The van der Waals surface area contributed by atoms with Crippen molar-refractivity contribution in [2.75, 3.05) is 20.2 Å². The minimum atomic E-state index is -0.982. The summed E-state index contributed by atoms with van der Waals surface area (Å²) in [5.41, 5.74) is 0.508. The monoisotopic (exact) mass is 419 g/mol. The third kappa shape index (κ3) is 4.59. The van der Waals surface area contributed by atoms with Crippen molar-refractivity contribution in [3.05, 3.63) is 23.8 Å². The van der Waals surface area contributed by atoms with Crippen LogP contribution in [0, 0.1) is 5.41 Å². The average molecular weight is 420 g/mol. The number of likely N-dealkylation sites (tertiary alicyclic amines) is 1. The second kappa shape index (κ2) is 9.56. The van der Waals surface area contributed by atoms with E-state index in [1.54, 1.807) is 18.9 Å². The Morgan fingerprint density at radius 3 is 2.57 bits per heavy atom. The summed E-state index contributed by atoms with van der Waals surface area (Å²) in [5, 5.41) is 20.9. The molecule has 0 spiro atoms. The molecule has 2 aliphatic rings. The van der Waals surface area contributed by atoms with E-state index in [2.05, 4.69) is 0 Å². The number of ether oxygens (including phenoxy) is 2. The number of carbonyl (C=O) groups is 1. The normalized spacial score (nSPS) is 26.6. The molecule has 2 N–H and O–H groups in total. The number of carbonyl (C=O) groups excluding carboxylic acids is 1. The predicted molar refractivity (Wildman–Crippen MR) is 116 cm³/mol. The van der Waals surface area contributed by atoms with Gasteiger partial charge in [0.1, 0.15) is 6.10 Å². The van der Waals surface area contributed by atoms with Gasteiger partial charge in [0.05, 0.1) is 19.3 Å². The van der Waals surface area contributed by atoms with Gasteiger partial charge in [0.2, 0.25) is 0 Å². The third-order valence-electron chi connectivity index (χ3n) is 7.03. The van der Waals surface area contributed by atoms with Gasteiger partial charge in [-0.05, 0) is 56.7 Å². The Labute approximate surface area is 180 Å². The summed E-state index contributed by atoms with van der Waals surface area (Å²) in [4.78, 5) is 14.5. The van der Waals surface area contributed by atoms with Gasteiger partial charge in [-0.25, -0.2) is 0 Å². The van der Waals surface area contributed by atoms with Gasteiger partial charge in [0.25, 0.3) is 5.91 Å². The molecule has 1 unspecified atom stereocenters. The van der Waals surface area contributed by atoms with E-state index in [-0.39, 0.29) is 17.9 Å². The van der Waals surface area contributed by atoms with E-state index in [1.807, 2.05) is 32.0 Å². The minimum absolute atomic E-state index is 0.0629. The topological polar surface area (TPSA) is 79.2 Å². The highest BCUT2D eigenvalue weighted by Crippen LogP contribution is 2.47. The molecule has 1 aliphatic heterocycles. The van der Waals surface area contributed by atoms with Crippen LogP contribution in [0.1, 0.15) is 70.8 Å². The van der Waals surface area contributed by atoms with E-state index < -0.39 is 17.6 Å². The van der Waals surface area contributed by atoms with Gasteiger partial charge in [0.15, 0.2) is 11.5 Å². The summed E-state index contributed by atoms with van der Waals surface area (Å²) in [5.74, 6) is 1.12. The van der Waals surface area contributed by atoms with Crippen LogP contribution in [0.15, 0.2) is 18.2 Å². The molecule has 4 atom stereocenters. The van der Waals surface area contributed by atoms with Crippen molar-refractivity contribution < 1.29 is 24.5 Å².